The SMILES string of the molecule is Cc1ccc(N(c2ccc(C)cc2)c2nc3sc(C4=C([O-])/C(=c5\nc6c(s5)=NC(=[N+](c5ccc(C)cc5)c5ccc(C)cc5)S6)C4=O)nc3s2)cc1. The molecule has 3 aromatic heterocycles. The van der Waals surface area contributed by atoms with E-state index in [0.29, 0.717) is 29.0 Å². The fourth-order valence-electron chi connectivity index (χ4n) is 5.97. The summed E-state index contributed by atoms with van der Waals surface area (Å²) in [5.41, 5.74) is 8.80. The van der Waals surface area contributed by atoms with Crippen molar-refractivity contribution in [2.45, 2.75) is 32.7 Å². The molecule has 2 aliphatic rings. The second-order valence-corrected chi connectivity index (χ2v) is 16.5. The Hall–Kier alpha value is -5.27. The molecule has 1 aliphatic carbocycles. The van der Waals surface area contributed by atoms with Crippen LogP contribution < -0.4 is 23.9 Å². The van der Waals surface area contributed by atoms with Crippen molar-refractivity contribution in [2.75, 3.05) is 4.90 Å². The van der Waals surface area contributed by atoms with Crippen LogP contribution in [0.3, 0.4) is 0 Å². The number of ketones is 1. The van der Waals surface area contributed by atoms with Crippen molar-refractivity contribution in [3.8, 4) is 0 Å². The number of anilines is 3. The average Bonchev–Trinajstić information content (AvgIpc) is 3.89. The minimum absolute atomic E-state index is 0.0952. The molecule has 0 amide bonds. The summed E-state index contributed by atoms with van der Waals surface area (Å²) in [6.45, 7) is 8.25. The number of fused-ring (bicyclic) bond motifs is 2. The van der Waals surface area contributed by atoms with Gasteiger partial charge in [0.15, 0.2) is 25.6 Å². The molecule has 0 N–H and O–H groups in total. The maximum Gasteiger partial charge on any atom is 0.373 e. The van der Waals surface area contributed by atoms with Gasteiger partial charge >= 0.3 is 5.17 Å². The summed E-state index contributed by atoms with van der Waals surface area (Å²) in [7, 11) is 0. The number of benzene rings is 4. The number of amidine groups is 1. The predicted octanol–water partition coefficient (Wildman–Crippen LogP) is 8.03. The molecule has 0 saturated heterocycles. The Balaban J connectivity index is 1.06. The molecule has 0 radical (unpaired) electrons. The number of carbonyl (C=O) groups excluding carboxylic acids is 1. The van der Waals surface area contributed by atoms with Crippen molar-refractivity contribution >= 4 is 105 Å². The number of nitrogens with zero attached hydrogens (tertiary/aromatic N) is 6. The number of aromatic nitrogens is 3. The zero-order chi connectivity index (χ0) is 35.7. The lowest BCUT2D eigenvalue weighted by Gasteiger charge is -2.27. The van der Waals surface area contributed by atoms with Crippen LogP contribution in [0.4, 0.5) is 27.9 Å². The van der Waals surface area contributed by atoms with Gasteiger partial charge in [0.2, 0.25) is 0 Å². The minimum Gasteiger partial charge on any atom is -0.871 e. The van der Waals surface area contributed by atoms with Gasteiger partial charge in [-0.25, -0.2) is 15.0 Å². The molecule has 0 saturated carbocycles. The van der Waals surface area contributed by atoms with E-state index in [9.17, 15) is 9.90 Å². The van der Waals surface area contributed by atoms with Crippen molar-refractivity contribution in [1.29, 1.82) is 0 Å². The zero-order valence-corrected chi connectivity index (χ0v) is 31.6. The molecule has 9 rings (SSSR count). The van der Waals surface area contributed by atoms with Crippen LogP contribution in [-0.2, 0) is 4.79 Å². The van der Waals surface area contributed by atoms with Crippen molar-refractivity contribution in [3.63, 3.8) is 0 Å². The summed E-state index contributed by atoms with van der Waals surface area (Å²) in [6, 6.07) is 33.2. The van der Waals surface area contributed by atoms with Gasteiger partial charge in [-0.1, -0.05) is 111 Å². The van der Waals surface area contributed by atoms with Crippen molar-refractivity contribution in [3.05, 3.63) is 139 Å². The number of aryl methyl sites for hydroxylation is 4. The lowest BCUT2D eigenvalue weighted by atomic mass is 9.89. The quantitative estimate of drug-likeness (QED) is 0.159. The van der Waals surface area contributed by atoms with Crippen LogP contribution in [-0.4, -0.2) is 25.9 Å². The van der Waals surface area contributed by atoms with E-state index in [1.807, 2.05) is 0 Å². The average molecular weight is 753 g/mol. The predicted molar refractivity (Wildman–Crippen MR) is 212 cm³/mol. The molecule has 12 heteroatoms. The van der Waals surface area contributed by atoms with Crippen LogP contribution in [0.15, 0.2) is 113 Å². The molecule has 0 bridgehead atoms. The number of hydrogen-bond acceptors (Lipinski definition) is 10. The molecule has 8 nitrogen and oxygen atoms in total. The van der Waals surface area contributed by atoms with Crippen LogP contribution in [0.1, 0.15) is 27.3 Å². The van der Waals surface area contributed by atoms with Crippen LogP contribution in [0.25, 0.3) is 20.8 Å². The normalized spacial score (nSPS) is 14.8. The summed E-state index contributed by atoms with van der Waals surface area (Å²) in [6.07, 6.45) is 0. The molecule has 0 unspecified atom stereocenters. The molecule has 4 aromatic carbocycles. The number of hydrogen-bond donors (Lipinski definition) is 0. The maximum atomic E-state index is 13.6. The number of thioether (sulfide) groups is 1. The maximum absolute atomic E-state index is 13.6. The molecule has 1 aliphatic heterocycles. The van der Waals surface area contributed by atoms with Gasteiger partial charge in [0, 0.05) is 23.1 Å². The topological polar surface area (TPSA) is 97.4 Å². The van der Waals surface area contributed by atoms with E-state index in [2.05, 4.69) is 134 Å². The van der Waals surface area contributed by atoms with Crippen LogP contribution in [0.5, 0.6) is 0 Å². The van der Waals surface area contributed by atoms with Gasteiger partial charge in [-0.15, -0.1) is 0 Å². The highest BCUT2D eigenvalue weighted by atomic mass is 32.2. The van der Waals surface area contributed by atoms with Gasteiger partial charge in [0.25, 0.3) is 4.67 Å². The van der Waals surface area contributed by atoms with Gasteiger partial charge < -0.3 is 5.11 Å². The van der Waals surface area contributed by atoms with Gasteiger partial charge in [-0.2, -0.15) is 4.58 Å². The third-order valence-corrected chi connectivity index (χ3v) is 12.9. The standard InChI is InChI=1S/C40H28N6O2S4/c1-21-5-13-25(14-6-21)45(26-15-7-22(2)8-16-26)39-43-37-35(51-39)41-33(49-37)29-31(47)30(32(29)48)34-42-36-38(50-34)44-40(52-36)46(27-17-9-23(3)10-18-27)28-19-11-24(4)12-20-28/h5-20H,1-4H3. The van der Waals surface area contributed by atoms with E-state index in [1.54, 1.807) is 0 Å². The van der Waals surface area contributed by atoms with Crippen molar-refractivity contribution in [2.24, 2.45) is 4.99 Å². The van der Waals surface area contributed by atoms with E-state index >= 15 is 0 Å². The Kier molecular flexibility index (Phi) is 8.00. The number of allylic oxidation sites excluding steroid dienone is 2. The van der Waals surface area contributed by atoms with Crippen molar-refractivity contribution in [1.82, 2.24) is 19.5 Å². The zero-order valence-electron chi connectivity index (χ0n) is 28.4. The summed E-state index contributed by atoms with van der Waals surface area (Å²) >= 11 is 5.39. The Morgan fingerprint density at radius 2 is 1.13 bits per heavy atom. The lowest BCUT2D eigenvalue weighted by molar-refractivity contribution is -0.292. The minimum atomic E-state index is -0.338. The first-order valence-corrected chi connectivity index (χ1v) is 19.7. The first-order chi connectivity index (χ1) is 25.2. The molecular formula is C40H28N6O2S4. The van der Waals surface area contributed by atoms with Crippen LogP contribution in [0, 0.1) is 27.7 Å². The third-order valence-electron chi connectivity index (χ3n) is 8.82. The van der Waals surface area contributed by atoms with E-state index in [-0.39, 0.29) is 22.7 Å². The highest BCUT2D eigenvalue weighted by Gasteiger charge is 2.35. The van der Waals surface area contributed by atoms with E-state index in [4.69, 9.17) is 19.9 Å². The van der Waals surface area contributed by atoms with E-state index in [0.717, 1.165) is 33.0 Å². The largest absolute Gasteiger partial charge is 0.871 e. The van der Waals surface area contributed by atoms with Gasteiger partial charge in [0.1, 0.15) is 21.0 Å². The monoisotopic (exact) mass is 752 g/mol. The molecular weight excluding hydrogens is 725 g/mol. The van der Waals surface area contributed by atoms with Gasteiger partial charge in [-0.3, -0.25) is 9.69 Å². The third kappa shape index (κ3) is 5.68. The second kappa shape index (κ2) is 12.7. The van der Waals surface area contributed by atoms with Crippen LogP contribution in [0.2, 0.25) is 0 Å². The smallest absolute Gasteiger partial charge is 0.373 e. The molecule has 0 atom stereocenters. The first-order valence-electron chi connectivity index (χ1n) is 16.5. The first kappa shape index (κ1) is 32.6. The molecule has 254 valence electrons. The Labute approximate surface area is 315 Å². The number of thiazole rings is 3. The van der Waals surface area contributed by atoms with E-state index < -0.39 is 0 Å². The highest BCUT2D eigenvalue weighted by molar-refractivity contribution is 8.14. The summed E-state index contributed by atoms with van der Waals surface area (Å²) in [5.74, 6) is -0.676. The lowest BCUT2D eigenvalue weighted by Crippen LogP contribution is -2.32. The molecule has 0 spiro atoms. The van der Waals surface area contributed by atoms with E-state index in [1.165, 1.54) is 68.0 Å². The molecule has 0 fully saturated rings. The Bertz CT molecular complexity index is 2630. The van der Waals surface area contributed by atoms with Crippen LogP contribution >= 0.6 is 45.8 Å². The van der Waals surface area contributed by atoms with Crippen molar-refractivity contribution < 1.29 is 9.90 Å². The Morgan fingerprint density at radius 3 is 1.63 bits per heavy atom. The molecule has 52 heavy (non-hydrogen) atoms. The van der Waals surface area contributed by atoms with Gasteiger partial charge in [-0.05, 0) is 81.2 Å². The fourth-order valence-corrected chi connectivity index (χ4v) is 10.2. The summed E-state index contributed by atoms with van der Waals surface area (Å²) in [5, 5.41) is 16.1. The number of carbonyl (C=O) groups is 1. The highest BCUT2D eigenvalue weighted by Crippen LogP contribution is 2.44. The Morgan fingerprint density at radius 1 is 0.615 bits per heavy atom. The molecule has 4 heterocycles. The fraction of sp³-hybridized carbons (Fsp3) is 0.100. The number of rotatable bonds is 6. The summed E-state index contributed by atoms with van der Waals surface area (Å²) < 4.78 is 3.17. The molecule has 7 aromatic rings. The second-order valence-electron chi connectivity index (χ2n) is 12.7. The van der Waals surface area contributed by atoms with Gasteiger partial charge in [0.05, 0.1) is 11.1 Å². The number of Topliss-reactive ketones (excluding diaryl/α,β-unsaturated/α-hetero) is 1. The summed E-state index contributed by atoms with van der Waals surface area (Å²) in [4.78, 5) is 36.4.